The third kappa shape index (κ3) is 5.41. The fraction of sp³-hybridized carbons (Fsp3) is 0.387. The molecule has 2 N–H and O–H groups in total. The lowest BCUT2D eigenvalue weighted by Crippen LogP contribution is -2.37. The zero-order chi connectivity index (χ0) is 25.0. The van der Waals surface area contributed by atoms with Crippen LogP contribution in [0.2, 0.25) is 0 Å². The highest BCUT2D eigenvalue weighted by atomic mass is 16.5. The fourth-order valence-electron chi connectivity index (χ4n) is 5.87. The molecule has 1 aliphatic carbocycles. The number of benzene rings is 3. The summed E-state index contributed by atoms with van der Waals surface area (Å²) in [4.78, 5) is 15.5. The van der Waals surface area contributed by atoms with Gasteiger partial charge >= 0.3 is 0 Å². The molecule has 188 valence electrons. The molecule has 0 bridgehead atoms. The van der Waals surface area contributed by atoms with E-state index in [9.17, 15) is 9.90 Å². The molecule has 5 nitrogen and oxygen atoms in total. The second-order valence-electron chi connectivity index (χ2n) is 10.4. The van der Waals surface area contributed by atoms with E-state index in [-0.39, 0.29) is 28.9 Å². The molecule has 3 aromatic carbocycles. The number of hydrogen-bond donors (Lipinski definition) is 2. The highest BCUT2D eigenvalue weighted by Crippen LogP contribution is 2.59. The number of rotatable bonds is 9. The summed E-state index contributed by atoms with van der Waals surface area (Å²) in [6.45, 7) is 3.52. The van der Waals surface area contributed by atoms with Crippen molar-refractivity contribution in [2.24, 2.45) is 11.3 Å². The number of aromatic hydroxyl groups is 1. The van der Waals surface area contributed by atoms with E-state index in [1.165, 1.54) is 11.1 Å². The molecule has 5 heteroatoms. The highest BCUT2D eigenvalue weighted by Gasteiger charge is 2.58. The van der Waals surface area contributed by atoms with E-state index in [4.69, 9.17) is 4.74 Å². The van der Waals surface area contributed by atoms with E-state index in [2.05, 4.69) is 58.7 Å². The zero-order valence-electron chi connectivity index (χ0n) is 21.0. The van der Waals surface area contributed by atoms with Crippen molar-refractivity contribution in [3.05, 3.63) is 95.6 Å². The molecule has 2 fully saturated rings. The van der Waals surface area contributed by atoms with Gasteiger partial charge in [-0.3, -0.25) is 9.69 Å². The van der Waals surface area contributed by atoms with Gasteiger partial charge in [0.1, 0.15) is 0 Å². The summed E-state index contributed by atoms with van der Waals surface area (Å²) in [6, 6.07) is 26.7. The second-order valence-corrected chi connectivity index (χ2v) is 10.4. The molecule has 1 atom stereocenters. The van der Waals surface area contributed by atoms with Crippen LogP contribution in [0.1, 0.15) is 48.3 Å². The molecule has 1 saturated heterocycles. The molecule has 0 unspecified atom stereocenters. The molecule has 2 aliphatic rings. The molecule has 1 amide bonds. The molecule has 36 heavy (non-hydrogen) atoms. The van der Waals surface area contributed by atoms with Crippen LogP contribution in [0.15, 0.2) is 78.9 Å². The van der Waals surface area contributed by atoms with Gasteiger partial charge in [-0.05, 0) is 73.0 Å². The Morgan fingerprint density at radius 3 is 2.28 bits per heavy atom. The van der Waals surface area contributed by atoms with Gasteiger partial charge in [0.2, 0.25) is 5.91 Å². The number of methoxy groups -OCH3 is 1. The fourth-order valence-corrected chi connectivity index (χ4v) is 5.87. The van der Waals surface area contributed by atoms with Crippen LogP contribution in [-0.4, -0.2) is 42.7 Å². The van der Waals surface area contributed by atoms with E-state index in [0.29, 0.717) is 12.3 Å². The van der Waals surface area contributed by atoms with Gasteiger partial charge in [-0.15, -0.1) is 0 Å². The number of hydrogen-bond acceptors (Lipinski definition) is 4. The summed E-state index contributed by atoms with van der Waals surface area (Å²) in [5.41, 5.74) is 3.90. The molecule has 1 spiro atoms. The molecule has 1 saturated carbocycles. The van der Waals surface area contributed by atoms with E-state index in [1.807, 2.05) is 24.3 Å². The van der Waals surface area contributed by atoms with Crippen molar-refractivity contribution in [3.8, 4) is 11.5 Å². The standard InChI is InChI=1S/C31H36N2O3/c1-36-29-20-23(12-13-28(29)34)22-33-18-15-31(16-19-33)21-27(31)30(35)32-17-14-26(24-8-4-2-5-9-24)25-10-6-3-7-11-25/h2-13,20,26-27,34H,14-19,21-22H2,1H3,(H,32,35)/t27-/m0/s1. The summed E-state index contributed by atoms with van der Waals surface area (Å²) in [5.74, 6) is 1.35. The van der Waals surface area contributed by atoms with Crippen LogP contribution in [0, 0.1) is 11.3 Å². The lowest BCUT2D eigenvalue weighted by atomic mass is 9.88. The van der Waals surface area contributed by atoms with Crippen LogP contribution in [0.5, 0.6) is 11.5 Å². The monoisotopic (exact) mass is 484 g/mol. The summed E-state index contributed by atoms with van der Waals surface area (Å²) in [5, 5.41) is 13.1. The highest BCUT2D eigenvalue weighted by molar-refractivity contribution is 5.82. The van der Waals surface area contributed by atoms with Crippen molar-refractivity contribution in [1.82, 2.24) is 10.2 Å². The average Bonchev–Trinajstić information content (AvgIpc) is 3.63. The Balaban J connectivity index is 1.11. The number of phenolic OH excluding ortho intramolecular Hbond substituents is 1. The van der Waals surface area contributed by atoms with Gasteiger partial charge in [-0.1, -0.05) is 66.7 Å². The van der Waals surface area contributed by atoms with Crippen molar-refractivity contribution in [2.45, 2.75) is 38.1 Å². The minimum Gasteiger partial charge on any atom is -0.504 e. The van der Waals surface area contributed by atoms with Crippen molar-refractivity contribution in [1.29, 1.82) is 0 Å². The molecule has 3 aromatic rings. The Labute approximate surface area is 214 Å². The summed E-state index contributed by atoms with van der Waals surface area (Å²) in [7, 11) is 1.57. The summed E-state index contributed by atoms with van der Waals surface area (Å²) < 4.78 is 5.24. The van der Waals surface area contributed by atoms with Gasteiger partial charge in [0.25, 0.3) is 0 Å². The summed E-state index contributed by atoms with van der Waals surface area (Å²) in [6.07, 6.45) is 4.04. The number of nitrogens with zero attached hydrogens (tertiary/aromatic N) is 1. The molecule has 1 aliphatic heterocycles. The van der Waals surface area contributed by atoms with E-state index in [0.717, 1.165) is 50.9 Å². The van der Waals surface area contributed by atoms with Gasteiger partial charge in [0, 0.05) is 24.9 Å². The molecular weight excluding hydrogens is 448 g/mol. The normalized spacial score (nSPS) is 18.8. The van der Waals surface area contributed by atoms with Crippen LogP contribution in [0.4, 0.5) is 0 Å². The van der Waals surface area contributed by atoms with Crippen LogP contribution < -0.4 is 10.1 Å². The number of amides is 1. The Hall–Kier alpha value is -3.31. The predicted molar refractivity (Wildman–Crippen MR) is 142 cm³/mol. The van der Waals surface area contributed by atoms with Crippen molar-refractivity contribution in [2.75, 3.05) is 26.7 Å². The third-order valence-corrected chi connectivity index (χ3v) is 8.14. The Kier molecular flexibility index (Phi) is 7.28. The molecular formula is C31H36N2O3. The predicted octanol–water partition coefficient (Wildman–Crippen LogP) is 5.34. The quantitative estimate of drug-likeness (QED) is 0.430. The van der Waals surface area contributed by atoms with Gasteiger partial charge in [0.05, 0.1) is 7.11 Å². The molecule has 5 rings (SSSR count). The minimum atomic E-state index is 0.153. The maximum absolute atomic E-state index is 13.0. The maximum Gasteiger partial charge on any atom is 0.223 e. The lowest BCUT2D eigenvalue weighted by molar-refractivity contribution is -0.123. The van der Waals surface area contributed by atoms with Crippen LogP contribution in [0.3, 0.4) is 0 Å². The zero-order valence-corrected chi connectivity index (χ0v) is 21.0. The van der Waals surface area contributed by atoms with E-state index < -0.39 is 0 Å². The first kappa shape index (κ1) is 24.4. The second kappa shape index (κ2) is 10.8. The number of carbonyl (C=O) groups excluding carboxylic acids is 1. The van der Waals surface area contributed by atoms with Crippen molar-refractivity contribution < 1.29 is 14.6 Å². The number of likely N-dealkylation sites (tertiary alicyclic amines) is 1. The number of piperidine rings is 1. The maximum atomic E-state index is 13.0. The van der Waals surface area contributed by atoms with Gasteiger partial charge in [-0.2, -0.15) is 0 Å². The lowest BCUT2D eigenvalue weighted by Gasteiger charge is -2.33. The number of carbonyl (C=O) groups is 1. The molecule has 0 aromatic heterocycles. The third-order valence-electron chi connectivity index (χ3n) is 8.14. The van der Waals surface area contributed by atoms with Crippen LogP contribution >= 0.6 is 0 Å². The first-order valence-electron chi connectivity index (χ1n) is 13.0. The van der Waals surface area contributed by atoms with E-state index in [1.54, 1.807) is 13.2 Å². The van der Waals surface area contributed by atoms with Gasteiger partial charge in [-0.25, -0.2) is 0 Å². The van der Waals surface area contributed by atoms with Crippen molar-refractivity contribution >= 4 is 5.91 Å². The smallest absolute Gasteiger partial charge is 0.223 e. The summed E-state index contributed by atoms with van der Waals surface area (Å²) >= 11 is 0. The first-order chi connectivity index (χ1) is 17.6. The minimum absolute atomic E-state index is 0.153. The van der Waals surface area contributed by atoms with Crippen LogP contribution in [0.25, 0.3) is 0 Å². The number of phenols is 1. The van der Waals surface area contributed by atoms with Gasteiger partial charge < -0.3 is 15.2 Å². The van der Waals surface area contributed by atoms with Crippen molar-refractivity contribution in [3.63, 3.8) is 0 Å². The van der Waals surface area contributed by atoms with Gasteiger partial charge in [0.15, 0.2) is 11.5 Å². The van der Waals surface area contributed by atoms with Crippen LogP contribution in [-0.2, 0) is 11.3 Å². The average molecular weight is 485 g/mol. The Bertz CT molecular complexity index is 1120. The topological polar surface area (TPSA) is 61.8 Å². The first-order valence-corrected chi connectivity index (χ1v) is 13.0. The Morgan fingerprint density at radius 1 is 1.03 bits per heavy atom. The number of ether oxygens (including phenoxy) is 1. The molecule has 1 heterocycles. The van der Waals surface area contributed by atoms with E-state index >= 15 is 0 Å². The number of nitrogens with one attached hydrogen (secondary N) is 1. The SMILES string of the molecule is COc1cc(CN2CCC3(CC2)C[C@H]3C(=O)NCCC(c2ccccc2)c2ccccc2)ccc1O. The molecule has 0 radical (unpaired) electrons. The largest absolute Gasteiger partial charge is 0.504 e. The Morgan fingerprint density at radius 2 is 1.67 bits per heavy atom.